The highest BCUT2D eigenvalue weighted by atomic mass is 127. The van der Waals surface area contributed by atoms with E-state index in [1.165, 1.54) is 6.07 Å². The summed E-state index contributed by atoms with van der Waals surface area (Å²) < 4.78 is 14.6. The molecule has 0 saturated carbocycles. The van der Waals surface area contributed by atoms with Gasteiger partial charge in [-0.3, -0.25) is 0 Å². The summed E-state index contributed by atoms with van der Waals surface area (Å²) >= 11 is 3.25. The van der Waals surface area contributed by atoms with Crippen molar-refractivity contribution in [2.75, 3.05) is 19.7 Å². The van der Waals surface area contributed by atoms with Crippen molar-refractivity contribution in [1.29, 1.82) is 0 Å². The molecular weight excluding hydrogens is 488 g/mol. The molecule has 0 saturated heterocycles. The molecule has 0 aliphatic carbocycles. The Bertz CT molecular complexity index is 497. The summed E-state index contributed by atoms with van der Waals surface area (Å²) in [4.78, 5) is 4.44. The average Bonchev–Trinajstić information content (AvgIpc) is 2.51. The van der Waals surface area contributed by atoms with Gasteiger partial charge >= 0.3 is 0 Å². The molecule has 0 aromatic heterocycles. The van der Waals surface area contributed by atoms with Crippen molar-refractivity contribution < 1.29 is 9.50 Å². The third kappa shape index (κ3) is 9.17. The predicted molar refractivity (Wildman–Crippen MR) is 112 cm³/mol. The Morgan fingerprint density at radius 3 is 2.62 bits per heavy atom. The van der Waals surface area contributed by atoms with Crippen LogP contribution in [0.4, 0.5) is 4.39 Å². The van der Waals surface area contributed by atoms with Crippen LogP contribution in [0.15, 0.2) is 27.7 Å². The lowest BCUT2D eigenvalue weighted by Gasteiger charge is -2.18. The lowest BCUT2D eigenvalue weighted by molar-refractivity contribution is 0.251. The molecule has 138 valence electrons. The molecule has 0 bridgehead atoms. The third-order valence-corrected chi connectivity index (χ3v) is 4.05. The minimum atomic E-state index is -0.261. The number of aliphatic hydroxyl groups excluding tert-OH is 1. The first-order valence-corrected chi connectivity index (χ1v) is 8.96. The molecule has 0 aliphatic rings. The molecule has 3 N–H and O–H groups in total. The zero-order valence-corrected chi connectivity index (χ0v) is 18.2. The number of nitrogens with one attached hydrogen (secondary N) is 2. The van der Waals surface area contributed by atoms with Crippen LogP contribution in [0.2, 0.25) is 0 Å². The van der Waals surface area contributed by atoms with E-state index in [4.69, 9.17) is 5.11 Å². The van der Waals surface area contributed by atoms with Gasteiger partial charge in [0.1, 0.15) is 5.82 Å². The standard InChI is InChI=1S/C17H27BrFN3O.HI/c1-3-5-13(8-9-23)11-21-17(20-4-2)22-12-14-6-7-15(18)10-16(14)19;/h6-7,10,13,23H,3-5,8-9,11-12H2,1-2H3,(H2,20,21,22);1H. The second-order valence-electron chi connectivity index (χ2n) is 5.48. The van der Waals surface area contributed by atoms with E-state index in [1.807, 2.05) is 13.0 Å². The number of hydrogen-bond donors (Lipinski definition) is 3. The lowest BCUT2D eigenvalue weighted by Crippen LogP contribution is -2.40. The largest absolute Gasteiger partial charge is 0.396 e. The van der Waals surface area contributed by atoms with E-state index >= 15 is 0 Å². The topological polar surface area (TPSA) is 56.6 Å². The number of aliphatic hydroxyl groups is 1. The maximum atomic E-state index is 13.8. The van der Waals surface area contributed by atoms with Gasteiger partial charge in [0.05, 0.1) is 6.54 Å². The van der Waals surface area contributed by atoms with Gasteiger partial charge in [-0.1, -0.05) is 35.3 Å². The van der Waals surface area contributed by atoms with Gasteiger partial charge in [0.15, 0.2) is 5.96 Å². The summed E-state index contributed by atoms with van der Waals surface area (Å²) in [5.41, 5.74) is 0.561. The van der Waals surface area contributed by atoms with E-state index in [9.17, 15) is 4.39 Å². The van der Waals surface area contributed by atoms with Crippen LogP contribution in [0.3, 0.4) is 0 Å². The van der Waals surface area contributed by atoms with Crippen LogP contribution < -0.4 is 10.6 Å². The van der Waals surface area contributed by atoms with Crippen LogP contribution >= 0.6 is 39.9 Å². The smallest absolute Gasteiger partial charge is 0.191 e. The number of rotatable bonds is 9. The normalized spacial score (nSPS) is 12.5. The van der Waals surface area contributed by atoms with E-state index in [-0.39, 0.29) is 42.9 Å². The molecule has 0 spiro atoms. The summed E-state index contributed by atoms with van der Waals surface area (Å²) in [6.07, 6.45) is 2.93. The highest BCUT2D eigenvalue weighted by Gasteiger charge is 2.09. The van der Waals surface area contributed by atoms with E-state index in [2.05, 4.69) is 38.5 Å². The molecule has 0 radical (unpaired) electrons. The van der Waals surface area contributed by atoms with Crippen molar-refractivity contribution in [3.05, 3.63) is 34.1 Å². The minimum Gasteiger partial charge on any atom is -0.396 e. The Labute approximate surface area is 169 Å². The number of aliphatic imine (C=N–C) groups is 1. The van der Waals surface area contributed by atoms with Gasteiger partial charge in [-0.2, -0.15) is 0 Å². The van der Waals surface area contributed by atoms with Gasteiger partial charge in [0.25, 0.3) is 0 Å². The molecule has 0 heterocycles. The minimum absolute atomic E-state index is 0. The monoisotopic (exact) mass is 515 g/mol. The van der Waals surface area contributed by atoms with Crippen LogP contribution in [-0.2, 0) is 6.54 Å². The van der Waals surface area contributed by atoms with Crippen molar-refractivity contribution in [3.8, 4) is 0 Å². The summed E-state index contributed by atoms with van der Waals surface area (Å²) in [5, 5.41) is 15.6. The predicted octanol–water partition coefficient (Wildman–Crippen LogP) is 4.06. The zero-order valence-electron chi connectivity index (χ0n) is 14.3. The third-order valence-electron chi connectivity index (χ3n) is 3.56. The maximum absolute atomic E-state index is 13.8. The Kier molecular flexibility index (Phi) is 13.6. The Morgan fingerprint density at radius 2 is 2.04 bits per heavy atom. The summed E-state index contributed by atoms with van der Waals surface area (Å²) in [5.74, 6) is 0.829. The van der Waals surface area contributed by atoms with Gasteiger partial charge in [0.2, 0.25) is 0 Å². The van der Waals surface area contributed by atoms with Gasteiger partial charge in [-0.05, 0) is 37.8 Å². The molecule has 1 aromatic carbocycles. The Morgan fingerprint density at radius 1 is 1.29 bits per heavy atom. The van der Waals surface area contributed by atoms with Crippen LogP contribution in [0.5, 0.6) is 0 Å². The fourth-order valence-electron chi connectivity index (χ4n) is 2.34. The fraction of sp³-hybridized carbons (Fsp3) is 0.588. The van der Waals surface area contributed by atoms with Crippen LogP contribution in [0.25, 0.3) is 0 Å². The number of guanidine groups is 1. The molecule has 1 atom stereocenters. The van der Waals surface area contributed by atoms with Crippen LogP contribution in [0.1, 0.15) is 38.7 Å². The molecule has 24 heavy (non-hydrogen) atoms. The van der Waals surface area contributed by atoms with Crippen molar-refractivity contribution >= 4 is 45.9 Å². The SMILES string of the molecule is CCCC(CCO)CNC(=NCc1ccc(Br)cc1F)NCC.I. The number of nitrogens with zero attached hydrogens (tertiary/aromatic N) is 1. The number of hydrogen-bond acceptors (Lipinski definition) is 2. The summed E-state index contributed by atoms with van der Waals surface area (Å²) in [6.45, 7) is 6.11. The van der Waals surface area contributed by atoms with E-state index in [1.54, 1.807) is 6.07 Å². The second-order valence-corrected chi connectivity index (χ2v) is 6.39. The summed E-state index contributed by atoms with van der Waals surface area (Å²) in [6, 6.07) is 4.99. The Balaban J connectivity index is 0.00000529. The van der Waals surface area contributed by atoms with Crippen LogP contribution in [0, 0.1) is 11.7 Å². The highest BCUT2D eigenvalue weighted by molar-refractivity contribution is 14.0. The van der Waals surface area contributed by atoms with Gasteiger partial charge in [-0.25, -0.2) is 9.38 Å². The molecule has 0 fully saturated rings. The quantitative estimate of drug-likeness (QED) is 0.264. The fourth-order valence-corrected chi connectivity index (χ4v) is 2.67. The van der Waals surface area contributed by atoms with Gasteiger partial charge in [-0.15, -0.1) is 24.0 Å². The highest BCUT2D eigenvalue weighted by Crippen LogP contribution is 2.16. The first kappa shape index (κ1) is 23.6. The summed E-state index contributed by atoms with van der Waals surface area (Å²) in [7, 11) is 0. The van der Waals surface area contributed by atoms with Crippen molar-refractivity contribution in [1.82, 2.24) is 10.6 Å². The molecule has 7 heteroatoms. The lowest BCUT2D eigenvalue weighted by atomic mass is 10.0. The molecule has 0 aliphatic heterocycles. The second kappa shape index (κ2) is 13.8. The van der Waals surface area contributed by atoms with Crippen molar-refractivity contribution in [2.24, 2.45) is 10.9 Å². The van der Waals surface area contributed by atoms with Crippen molar-refractivity contribution in [2.45, 2.75) is 39.7 Å². The molecule has 1 unspecified atom stereocenters. The van der Waals surface area contributed by atoms with Gasteiger partial charge in [0, 0.05) is 29.7 Å². The average molecular weight is 516 g/mol. The molecule has 4 nitrogen and oxygen atoms in total. The van der Waals surface area contributed by atoms with E-state index < -0.39 is 0 Å². The zero-order chi connectivity index (χ0) is 17.1. The first-order valence-electron chi connectivity index (χ1n) is 8.17. The Hall–Kier alpha value is -0.410. The molecule has 1 rings (SSSR count). The molecule has 1 aromatic rings. The number of halogens is 3. The maximum Gasteiger partial charge on any atom is 0.191 e. The van der Waals surface area contributed by atoms with Crippen molar-refractivity contribution in [3.63, 3.8) is 0 Å². The van der Waals surface area contributed by atoms with Crippen LogP contribution in [-0.4, -0.2) is 30.8 Å². The van der Waals surface area contributed by atoms with E-state index in [0.29, 0.717) is 17.4 Å². The molecule has 0 amide bonds. The first-order chi connectivity index (χ1) is 11.1. The number of benzene rings is 1. The molecular formula is C17H28BrFIN3O. The van der Waals surface area contributed by atoms with E-state index in [0.717, 1.165) is 36.8 Å². The van der Waals surface area contributed by atoms with Gasteiger partial charge < -0.3 is 15.7 Å².